The molecule has 1 aliphatic carbocycles. The topological polar surface area (TPSA) is 70.2 Å². The number of aromatic nitrogens is 2. The predicted molar refractivity (Wildman–Crippen MR) is 99.8 cm³/mol. The van der Waals surface area contributed by atoms with Gasteiger partial charge in [0, 0.05) is 38.4 Å². The molecule has 1 aliphatic rings. The molecule has 27 heavy (non-hydrogen) atoms. The number of anilines is 2. The SMILES string of the molecule is CN(C)c1ccnc(N[C@H]2CC[C@@H](NC(=O)c3ccc(F)cc3F)CC2)n1. The van der Waals surface area contributed by atoms with Crippen LogP contribution < -0.4 is 15.5 Å². The zero-order valence-electron chi connectivity index (χ0n) is 15.4. The summed E-state index contributed by atoms with van der Waals surface area (Å²) in [6.07, 6.45) is 4.92. The van der Waals surface area contributed by atoms with E-state index in [1.54, 1.807) is 6.20 Å². The van der Waals surface area contributed by atoms with Crippen LogP contribution in [0.4, 0.5) is 20.5 Å². The highest BCUT2D eigenvalue weighted by Gasteiger charge is 2.24. The molecule has 6 nitrogen and oxygen atoms in total. The number of nitrogens with one attached hydrogen (secondary N) is 2. The Morgan fingerprint density at radius 3 is 2.48 bits per heavy atom. The van der Waals surface area contributed by atoms with E-state index in [1.165, 1.54) is 6.07 Å². The van der Waals surface area contributed by atoms with Crippen molar-refractivity contribution >= 4 is 17.7 Å². The maximum Gasteiger partial charge on any atom is 0.254 e. The molecule has 1 saturated carbocycles. The molecule has 144 valence electrons. The van der Waals surface area contributed by atoms with E-state index in [-0.39, 0.29) is 17.6 Å². The second-order valence-corrected chi connectivity index (χ2v) is 6.92. The van der Waals surface area contributed by atoms with Gasteiger partial charge in [-0.05, 0) is 43.9 Å². The first kappa shape index (κ1) is 19.0. The Labute approximate surface area is 157 Å². The van der Waals surface area contributed by atoms with Crippen LogP contribution in [0.5, 0.6) is 0 Å². The number of carbonyl (C=O) groups is 1. The molecule has 1 aromatic heterocycles. The average Bonchev–Trinajstić information content (AvgIpc) is 2.63. The Balaban J connectivity index is 1.51. The van der Waals surface area contributed by atoms with Gasteiger partial charge in [0.15, 0.2) is 0 Å². The Morgan fingerprint density at radius 2 is 1.81 bits per heavy atom. The zero-order valence-corrected chi connectivity index (χ0v) is 15.4. The van der Waals surface area contributed by atoms with Gasteiger partial charge in [-0.15, -0.1) is 0 Å². The quantitative estimate of drug-likeness (QED) is 0.841. The molecule has 0 radical (unpaired) electrons. The lowest BCUT2D eigenvalue weighted by atomic mass is 9.91. The minimum atomic E-state index is -0.847. The fourth-order valence-electron chi connectivity index (χ4n) is 3.17. The summed E-state index contributed by atoms with van der Waals surface area (Å²) in [5, 5.41) is 6.17. The molecule has 1 heterocycles. The fourth-order valence-corrected chi connectivity index (χ4v) is 3.17. The van der Waals surface area contributed by atoms with E-state index in [0.29, 0.717) is 5.95 Å². The highest BCUT2D eigenvalue weighted by molar-refractivity contribution is 5.94. The Bertz CT molecular complexity index is 806. The van der Waals surface area contributed by atoms with Crippen molar-refractivity contribution in [1.82, 2.24) is 15.3 Å². The van der Waals surface area contributed by atoms with Gasteiger partial charge in [-0.1, -0.05) is 0 Å². The number of halogens is 2. The lowest BCUT2D eigenvalue weighted by Gasteiger charge is -2.29. The third-order valence-electron chi connectivity index (χ3n) is 4.67. The summed E-state index contributed by atoms with van der Waals surface area (Å²) in [4.78, 5) is 22.8. The number of rotatable bonds is 5. The highest BCUT2D eigenvalue weighted by Crippen LogP contribution is 2.22. The molecular weight excluding hydrogens is 352 g/mol. The minimum Gasteiger partial charge on any atom is -0.363 e. The van der Waals surface area contributed by atoms with Crippen LogP contribution in [0.3, 0.4) is 0 Å². The third-order valence-corrected chi connectivity index (χ3v) is 4.67. The normalized spacial score (nSPS) is 19.4. The van der Waals surface area contributed by atoms with E-state index in [4.69, 9.17) is 0 Å². The number of benzene rings is 1. The Morgan fingerprint density at radius 1 is 1.11 bits per heavy atom. The van der Waals surface area contributed by atoms with Gasteiger partial charge in [0.2, 0.25) is 5.95 Å². The van der Waals surface area contributed by atoms with Crippen molar-refractivity contribution < 1.29 is 13.6 Å². The van der Waals surface area contributed by atoms with Gasteiger partial charge < -0.3 is 15.5 Å². The van der Waals surface area contributed by atoms with Crippen molar-refractivity contribution in [1.29, 1.82) is 0 Å². The first-order chi connectivity index (χ1) is 12.9. The molecule has 0 unspecified atom stereocenters. The van der Waals surface area contributed by atoms with Crippen LogP contribution in [0.2, 0.25) is 0 Å². The van der Waals surface area contributed by atoms with Gasteiger partial charge in [-0.2, -0.15) is 4.98 Å². The maximum atomic E-state index is 13.7. The number of hydrogen-bond acceptors (Lipinski definition) is 5. The molecule has 0 atom stereocenters. The smallest absolute Gasteiger partial charge is 0.254 e. The van der Waals surface area contributed by atoms with Crippen LogP contribution in [-0.4, -0.2) is 42.1 Å². The molecular formula is C19H23F2N5O. The molecule has 0 saturated heterocycles. The number of nitrogens with zero attached hydrogens (tertiary/aromatic N) is 3. The monoisotopic (exact) mass is 375 g/mol. The molecule has 0 aliphatic heterocycles. The van der Waals surface area contributed by atoms with E-state index in [1.807, 2.05) is 25.1 Å². The van der Waals surface area contributed by atoms with Gasteiger partial charge in [0.05, 0.1) is 5.56 Å². The first-order valence-corrected chi connectivity index (χ1v) is 8.95. The van der Waals surface area contributed by atoms with Crippen LogP contribution in [-0.2, 0) is 0 Å². The summed E-state index contributed by atoms with van der Waals surface area (Å²) in [5.41, 5.74) is -0.134. The van der Waals surface area contributed by atoms with Crippen molar-refractivity contribution in [3.8, 4) is 0 Å². The van der Waals surface area contributed by atoms with Crippen molar-refractivity contribution in [3.05, 3.63) is 47.7 Å². The molecule has 1 fully saturated rings. The van der Waals surface area contributed by atoms with Crippen LogP contribution in [0, 0.1) is 11.6 Å². The predicted octanol–water partition coefficient (Wildman–Crippen LogP) is 2.97. The highest BCUT2D eigenvalue weighted by atomic mass is 19.1. The summed E-state index contributed by atoms with van der Waals surface area (Å²) < 4.78 is 26.7. The average molecular weight is 375 g/mol. The lowest BCUT2D eigenvalue weighted by Crippen LogP contribution is -2.40. The maximum absolute atomic E-state index is 13.7. The van der Waals surface area contributed by atoms with Crippen molar-refractivity contribution in [2.45, 2.75) is 37.8 Å². The van der Waals surface area contributed by atoms with Crippen molar-refractivity contribution in [2.24, 2.45) is 0 Å². The van der Waals surface area contributed by atoms with E-state index in [2.05, 4.69) is 20.6 Å². The van der Waals surface area contributed by atoms with Gasteiger partial charge in [0.25, 0.3) is 5.91 Å². The molecule has 2 aromatic rings. The van der Waals surface area contributed by atoms with Crippen LogP contribution >= 0.6 is 0 Å². The van der Waals surface area contributed by atoms with E-state index in [0.717, 1.165) is 43.6 Å². The summed E-state index contributed by atoms with van der Waals surface area (Å²) in [7, 11) is 3.84. The van der Waals surface area contributed by atoms with Gasteiger partial charge >= 0.3 is 0 Å². The minimum absolute atomic E-state index is 0.0333. The molecule has 1 aromatic carbocycles. The lowest BCUT2D eigenvalue weighted by molar-refractivity contribution is 0.0922. The fraction of sp³-hybridized carbons (Fsp3) is 0.421. The first-order valence-electron chi connectivity index (χ1n) is 8.95. The number of hydrogen-bond donors (Lipinski definition) is 2. The van der Waals surface area contributed by atoms with E-state index < -0.39 is 17.5 Å². The molecule has 1 amide bonds. The Kier molecular flexibility index (Phi) is 5.83. The standard InChI is InChI=1S/C19H23F2N5O/c1-26(2)17-9-10-22-19(25-17)24-14-6-4-13(5-7-14)23-18(27)15-8-3-12(20)11-16(15)21/h3,8-11,13-14H,4-7H2,1-2H3,(H,23,27)(H,22,24,25)/t13-,14+. The van der Waals surface area contributed by atoms with Crippen molar-refractivity contribution in [2.75, 3.05) is 24.3 Å². The van der Waals surface area contributed by atoms with Crippen LogP contribution in [0.1, 0.15) is 36.0 Å². The van der Waals surface area contributed by atoms with Crippen LogP contribution in [0.15, 0.2) is 30.5 Å². The number of amides is 1. The molecule has 2 N–H and O–H groups in total. The Hall–Kier alpha value is -2.77. The van der Waals surface area contributed by atoms with Gasteiger partial charge in [-0.3, -0.25) is 4.79 Å². The molecule has 8 heteroatoms. The summed E-state index contributed by atoms with van der Waals surface area (Å²) >= 11 is 0. The molecule has 3 rings (SSSR count). The van der Waals surface area contributed by atoms with Gasteiger partial charge in [0.1, 0.15) is 17.5 Å². The largest absolute Gasteiger partial charge is 0.363 e. The molecule has 0 bridgehead atoms. The van der Waals surface area contributed by atoms with Crippen LogP contribution in [0.25, 0.3) is 0 Å². The summed E-state index contributed by atoms with van der Waals surface area (Å²) in [6.45, 7) is 0. The van der Waals surface area contributed by atoms with E-state index in [9.17, 15) is 13.6 Å². The summed E-state index contributed by atoms with van der Waals surface area (Å²) in [6, 6.07) is 5.00. The zero-order chi connectivity index (χ0) is 19.4. The van der Waals surface area contributed by atoms with Crippen molar-refractivity contribution in [3.63, 3.8) is 0 Å². The summed E-state index contributed by atoms with van der Waals surface area (Å²) in [5.74, 6) is -0.639. The second-order valence-electron chi connectivity index (χ2n) is 6.92. The second kappa shape index (κ2) is 8.28. The third kappa shape index (κ3) is 4.90. The number of carbonyl (C=O) groups excluding carboxylic acids is 1. The molecule has 0 spiro atoms. The van der Waals surface area contributed by atoms with E-state index >= 15 is 0 Å². The van der Waals surface area contributed by atoms with Gasteiger partial charge in [-0.25, -0.2) is 13.8 Å².